The topological polar surface area (TPSA) is 40.5 Å². The molecule has 0 bridgehead atoms. The maximum Gasteiger partial charge on any atom is 0.310 e. The van der Waals surface area contributed by atoms with Crippen molar-refractivity contribution in [1.29, 1.82) is 0 Å². The zero-order chi connectivity index (χ0) is 18.0. The van der Waals surface area contributed by atoms with Crippen molar-refractivity contribution >= 4 is 32.8 Å². The molecular formula is C20H20BrNO3. The zero-order valence-electron chi connectivity index (χ0n) is 14.5. The Morgan fingerprint density at radius 3 is 2.48 bits per heavy atom. The normalized spacial score (nSPS) is 10.9. The van der Waals surface area contributed by atoms with E-state index in [0.717, 1.165) is 38.9 Å². The van der Waals surface area contributed by atoms with Crippen molar-refractivity contribution in [1.82, 2.24) is 4.57 Å². The van der Waals surface area contributed by atoms with Crippen LogP contribution in [0.2, 0.25) is 0 Å². The number of rotatable bonds is 5. The molecule has 0 radical (unpaired) electrons. The van der Waals surface area contributed by atoms with Crippen LogP contribution in [-0.2, 0) is 22.5 Å². The number of carbonyl (C=O) groups is 1. The molecule has 0 N–H and O–H groups in total. The average molecular weight is 402 g/mol. The molecule has 0 saturated heterocycles. The first-order valence-electron chi connectivity index (χ1n) is 8.00. The van der Waals surface area contributed by atoms with E-state index in [4.69, 9.17) is 9.47 Å². The summed E-state index contributed by atoms with van der Waals surface area (Å²) in [5, 5.41) is 1.03. The molecule has 0 aliphatic heterocycles. The summed E-state index contributed by atoms with van der Waals surface area (Å²) in [5.41, 5.74) is 4.33. The molecule has 0 unspecified atom stereocenters. The van der Waals surface area contributed by atoms with Gasteiger partial charge < -0.3 is 14.0 Å². The van der Waals surface area contributed by atoms with Gasteiger partial charge in [-0.25, -0.2) is 0 Å². The van der Waals surface area contributed by atoms with Gasteiger partial charge in [0.05, 0.1) is 20.6 Å². The van der Waals surface area contributed by atoms with Gasteiger partial charge in [-0.05, 0) is 48.4 Å². The molecule has 0 atom stereocenters. The first kappa shape index (κ1) is 17.5. The molecule has 0 aliphatic rings. The summed E-state index contributed by atoms with van der Waals surface area (Å²) in [6.45, 7) is 2.78. The van der Waals surface area contributed by atoms with Crippen molar-refractivity contribution in [3.05, 3.63) is 63.8 Å². The number of methoxy groups -OCH3 is 2. The van der Waals surface area contributed by atoms with Gasteiger partial charge in [-0.3, -0.25) is 4.79 Å². The Morgan fingerprint density at radius 2 is 1.84 bits per heavy atom. The largest absolute Gasteiger partial charge is 0.497 e. The molecule has 0 saturated carbocycles. The second-order valence-electron chi connectivity index (χ2n) is 5.91. The Kier molecular flexibility index (Phi) is 5.13. The predicted octanol–water partition coefficient (Wildman–Crippen LogP) is 4.48. The fraction of sp³-hybridized carbons (Fsp3) is 0.250. The van der Waals surface area contributed by atoms with E-state index in [1.165, 1.54) is 12.7 Å². The van der Waals surface area contributed by atoms with E-state index >= 15 is 0 Å². The molecule has 2 aromatic carbocycles. The van der Waals surface area contributed by atoms with E-state index in [9.17, 15) is 4.79 Å². The second-order valence-corrected chi connectivity index (χ2v) is 6.83. The summed E-state index contributed by atoms with van der Waals surface area (Å²) in [6, 6.07) is 14.2. The van der Waals surface area contributed by atoms with Crippen LogP contribution in [0.5, 0.6) is 5.75 Å². The second kappa shape index (κ2) is 7.31. The third-order valence-corrected chi connectivity index (χ3v) is 4.99. The molecule has 0 spiro atoms. The number of ether oxygens (including phenoxy) is 2. The lowest BCUT2D eigenvalue weighted by atomic mass is 10.1. The maximum absolute atomic E-state index is 11.9. The predicted molar refractivity (Wildman–Crippen MR) is 102 cm³/mol. The molecule has 3 rings (SSSR count). The third-order valence-electron chi connectivity index (χ3n) is 4.46. The van der Waals surface area contributed by atoms with Crippen molar-refractivity contribution in [2.75, 3.05) is 14.2 Å². The van der Waals surface area contributed by atoms with E-state index in [1.807, 2.05) is 37.3 Å². The van der Waals surface area contributed by atoms with Gasteiger partial charge in [0.2, 0.25) is 0 Å². The molecule has 0 amide bonds. The minimum atomic E-state index is -0.242. The lowest BCUT2D eigenvalue weighted by Gasteiger charge is -2.09. The van der Waals surface area contributed by atoms with Gasteiger partial charge in [0, 0.05) is 27.6 Å². The SMILES string of the molecule is COC(=O)Cc1c(C)n(Cc2ccc(Br)cc2)c2ccc(OC)cc12. The molecule has 3 aromatic rings. The molecule has 0 aliphatic carbocycles. The van der Waals surface area contributed by atoms with Crippen molar-refractivity contribution in [3.8, 4) is 5.75 Å². The van der Waals surface area contributed by atoms with Crippen LogP contribution in [0.3, 0.4) is 0 Å². The Labute approximate surface area is 155 Å². The zero-order valence-corrected chi connectivity index (χ0v) is 16.1. The summed E-state index contributed by atoms with van der Waals surface area (Å²) in [6.07, 6.45) is 0.249. The minimum Gasteiger partial charge on any atom is -0.497 e. The van der Waals surface area contributed by atoms with Crippen molar-refractivity contribution in [2.45, 2.75) is 19.9 Å². The first-order valence-corrected chi connectivity index (χ1v) is 8.79. The fourth-order valence-corrected chi connectivity index (χ4v) is 3.34. The van der Waals surface area contributed by atoms with E-state index in [2.05, 4.69) is 32.6 Å². The van der Waals surface area contributed by atoms with Gasteiger partial charge in [-0.15, -0.1) is 0 Å². The molecule has 130 valence electrons. The minimum absolute atomic E-state index is 0.242. The van der Waals surface area contributed by atoms with Crippen LogP contribution in [0.25, 0.3) is 10.9 Å². The Balaban J connectivity index is 2.12. The number of aromatic nitrogens is 1. The number of esters is 1. The average Bonchev–Trinajstić information content (AvgIpc) is 2.88. The van der Waals surface area contributed by atoms with Gasteiger partial charge in [-0.1, -0.05) is 28.1 Å². The van der Waals surface area contributed by atoms with E-state index in [0.29, 0.717) is 0 Å². The quantitative estimate of drug-likeness (QED) is 0.591. The van der Waals surface area contributed by atoms with Crippen LogP contribution < -0.4 is 4.74 Å². The van der Waals surface area contributed by atoms with E-state index in [-0.39, 0.29) is 12.4 Å². The molecule has 4 nitrogen and oxygen atoms in total. The number of benzene rings is 2. The lowest BCUT2D eigenvalue weighted by molar-refractivity contribution is -0.139. The van der Waals surface area contributed by atoms with Crippen molar-refractivity contribution in [2.24, 2.45) is 0 Å². The monoisotopic (exact) mass is 401 g/mol. The van der Waals surface area contributed by atoms with Gasteiger partial charge in [0.1, 0.15) is 5.75 Å². The smallest absolute Gasteiger partial charge is 0.310 e. The molecule has 25 heavy (non-hydrogen) atoms. The molecule has 1 heterocycles. The molecule has 5 heteroatoms. The van der Waals surface area contributed by atoms with Crippen LogP contribution >= 0.6 is 15.9 Å². The van der Waals surface area contributed by atoms with Crippen molar-refractivity contribution < 1.29 is 14.3 Å². The van der Waals surface area contributed by atoms with E-state index in [1.54, 1.807) is 7.11 Å². The van der Waals surface area contributed by atoms with Gasteiger partial charge >= 0.3 is 5.97 Å². The highest BCUT2D eigenvalue weighted by molar-refractivity contribution is 9.10. The van der Waals surface area contributed by atoms with Crippen LogP contribution in [0, 0.1) is 6.92 Å². The number of carbonyl (C=O) groups excluding carboxylic acids is 1. The molecule has 1 aromatic heterocycles. The number of hydrogen-bond acceptors (Lipinski definition) is 3. The third kappa shape index (κ3) is 3.56. The summed E-state index contributed by atoms with van der Waals surface area (Å²) in [4.78, 5) is 11.9. The van der Waals surface area contributed by atoms with Crippen LogP contribution in [0.15, 0.2) is 46.9 Å². The van der Waals surface area contributed by atoms with E-state index < -0.39 is 0 Å². The maximum atomic E-state index is 11.9. The fourth-order valence-electron chi connectivity index (χ4n) is 3.07. The summed E-state index contributed by atoms with van der Waals surface area (Å²) in [7, 11) is 3.06. The van der Waals surface area contributed by atoms with Gasteiger partial charge in [0.15, 0.2) is 0 Å². The van der Waals surface area contributed by atoms with Crippen LogP contribution in [-0.4, -0.2) is 24.8 Å². The Hall–Kier alpha value is -2.27. The summed E-state index contributed by atoms with van der Waals surface area (Å²) in [5.74, 6) is 0.535. The number of nitrogens with zero attached hydrogens (tertiary/aromatic N) is 1. The highest BCUT2D eigenvalue weighted by Gasteiger charge is 2.18. The van der Waals surface area contributed by atoms with Gasteiger partial charge in [-0.2, -0.15) is 0 Å². The Morgan fingerprint density at radius 1 is 1.12 bits per heavy atom. The van der Waals surface area contributed by atoms with Crippen molar-refractivity contribution in [3.63, 3.8) is 0 Å². The molecular weight excluding hydrogens is 382 g/mol. The summed E-state index contributed by atoms with van der Waals surface area (Å²) < 4.78 is 13.5. The summed E-state index contributed by atoms with van der Waals surface area (Å²) >= 11 is 3.47. The standard InChI is InChI=1S/C20H20BrNO3/c1-13-17(11-20(23)25-3)18-10-16(24-2)8-9-19(18)22(13)12-14-4-6-15(21)7-5-14/h4-10H,11-12H2,1-3H3. The number of fused-ring (bicyclic) bond motifs is 1. The number of halogens is 1. The molecule has 0 fully saturated rings. The van der Waals surface area contributed by atoms with Crippen LogP contribution in [0.1, 0.15) is 16.8 Å². The van der Waals surface area contributed by atoms with Gasteiger partial charge in [0.25, 0.3) is 0 Å². The highest BCUT2D eigenvalue weighted by atomic mass is 79.9. The lowest BCUT2D eigenvalue weighted by Crippen LogP contribution is -2.07. The first-order chi connectivity index (χ1) is 12.0. The number of hydrogen-bond donors (Lipinski definition) is 0. The Bertz CT molecular complexity index is 913. The highest BCUT2D eigenvalue weighted by Crippen LogP contribution is 2.31. The van der Waals surface area contributed by atoms with Crippen LogP contribution in [0.4, 0.5) is 0 Å².